The molecule has 0 atom stereocenters. The quantitative estimate of drug-likeness (QED) is 0.527. The Labute approximate surface area is 166 Å². The fourth-order valence-electron chi connectivity index (χ4n) is 2.19. The summed E-state index contributed by atoms with van der Waals surface area (Å²) in [6.07, 6.45) is 2.68. The summed E-state index contributed by atoms with van der Waals surface area (Å²) < 4.78 is 29.1. The molecular weight excluding hydrogens is 389 g/mol. The van der Waals surface area contributed by atoms with Crippen molar-refractivity contribution in [3.05, 3.63) is 58.9 Å². The van der Waals surface area contributed by atoms with E-state index in [4.69, 9.17) is 25.8 Å². The van der Waals surface area contributed by atoms with Crippen molar-refractivity contribution in [2.75, 3.05) is 25.6 Å². The third kappa shape index (κ3) is 6.28. The molecule has 0 unspecified atom stereocenters. The minimum atomic E-state index is -0.727. The summed E-state index contributed by atoms with van der Waals surface area (Å²) in [6.45, 7) is 1.79. The van der Waals surface area contributed by atoms with Crippen molar-refractivity contribution >= 4 is 35.2 Å². The van der Waals surface area contributed by atoms with E-state index in [0.717, 1.165) is 6.07 Å². The van der Waals surface area contributed by atoms with Crippen LogP contribution in [0.4, 0.5) is 10.1 Å². The summed E-state index contributed by atoms with van der Waals surface area (Å²) in [5.74, 6) is -0.941. The van der Waals surface area contributed by atoms with Crippen LogP contribution in [0.3, 0.4) is 0 Å². The van der Waals surface area contributed by atoms with Gasteiger partial charge in [0.25, 0.3) is 5.91 Å². The number of hydrogen-bond donors (Lipinski definition) is 1. The predicted octanol–water partition coefficient (Wildman–Crippen LogP) is 4.08. The number of hydrogen-bond acceptors (Lipinski definition) is 5. The van der Waals surface area contributed by atoms with E-state index >= 15 is 0 Å². The summed E-state index contributed by atoms with van der Waals surface area (Å²) in [4.78, 5) is 23.6. The highest BCUT2D eigenvalue weighted by atomic mass is 35.5. The van der Waals surface area contributed by atoms with Crippen LogP contribution >= 0.6 is 11.6 Å². The normalized spacial score (nSPS) is 10.6. The fraction of sp³-hybridized carbons (Fsp3) is 0.200. The van der Waals surface area contributed by atoms with Gasteiger partial charge in [-0.1, -0.05) is 17.7 Å². The zero-order valence-electron chi connectivity index (χ0n) is 15.3. The molecule has 2 aromatic rings. The number of halogens is 2. The molecule has 0 saturated heterocycles. The SMILES string of the molecule is CCOc1ccc(/C=C/C(=O)OCC(=O)Nc2cc(Cl)ccc2F)cc1OC. The first-order valence-electron chi connectivity index (χ1n) is 8.33. The van der Waals surface area contributed by atoms with Crippen LogP contribution in [0.25, 0.3) is 6.08 Å². The lowest BCUT2D eigenvalue weighted by Crippen LogP contribution is -2.20. The third-order valence-electron chi connectivity index (χ3n) is 3.45. The lowest BCUT2D eigenvalue weighted by Gasteiger charge is -2.09. The van der Waals surface area contributed by atoms with Crippen molar-refractivity contribution < 1.29 is 28.2 Å². The monoisotopic (exact) mass is 407 g/mol. The first-order chi connectivity index (χ1) is 13.4. The highest BCUT2D eigenvalue weighted by Gasteiger charge is 2.10. The molecule has 8 heteroatoms. The molecule has 1 amide bonds. The predicted molar refractivity (Wildman–Crippen MR) is 104 cm³/mol. The van der Waals surface area contributed by atoms with Crippen LogP contribution in [0.2, 0.25) is 5.02 Å². The zero-order chi connectivity index (χ0) is 20.5. The molecule has 0 radical (unpaired) electrons. The summed E-state index contributed by atoms with van der Waals surface area (Å²) >= 11 is 5.75. The first kappa shape index (κ1) is 21.2. The lowest BCUT2D eigenvalue weighted by atomic mass is 10.2. The van der Waals surface area contributed by atoms with Gasteiger partial charge in [-0.15, -0.1) is 0 Å². The van der Waals surface area contributed by atoms with Gasteiger partial charge in [-0.3, -0.25) is 4.79 Å². The molecule has 0 aliphatic carbocycles. The van der Waals surface area contributed by atoms with E-state index in [-0.39, 0.29) is 10.7 Å². The summed E-state index contributed by atoms with van der Waals surface area (Å²) in [7, 11) is 1.51. The fourth-order valence-corrected chi connectivity index (χ4v) is 2.36. The largest absolute Gasteiger partial charge is 0.493 e. The van der Waals surface area contributed by atoms with Crippen LogP contribution in [0.1, 0.15) is 12.5 Å². The molecule has 0 aliphatic rings. The molecular formula is C20H19ClFNO5. The summed E-state index contributed by atoms with van der Waals surface area (Å²) in [5.41, 5.74) is 0.591. The Morgan fingerprint density at radius 3 is 2.68 bits per heavy atom. The average molecular weight is 408 g/mol. The zero-order valence-corrected chi connectivity index (χ0v) is 16.1. The maximum Gasteiger partial charge on any atom is 0.331 e. The second kappa shape index (κ2) is 10.3. The number of nitrogens with one attached hydrogen (secondary N) is 1. The number of benzene rings is 2. The Kier molecular flexibility index (Phi) is 7.83. The molecule has 2 aromatic carbocycles. The number of ether oxygens (including phenoxy) is 3. The molecule has 28 heavy (non-hydrogen) atoms. The van der Waals surface area contributed by atoms with Crippen LogP contribution in [0.15, 0.2) is 42.5 Å². The molecule has 148 valence electrons. The number of esters is 1. The maximum absolute atomic E-state index is 13.6. The number of carbonyl (C=O) groups excluding carboxylic acids is 2. The minimum Gasteiger partial charge on any atom is -0.493 e. The van der Waals surface area contributed by atoms with Crippen molar-refractivity contribution in [1.82, 2.24) is 0 Å². The van der Waals surface area contributed by atoms with Crippen molar-refractivity contribution in [1.29, 1.82) is 0 Å². The van der Waals surface area contributed by atoms with Gasteiger partial charge in [0.1, 0.15) is 5.82 Å². The molecule has 0 aliphatic heterocycles. The van der Waals surface area contributed by atoms with E-state index < -0.39 is 24.3 Å². The Hall–Kier alpha value is -3.06. The van der Waals surface area contributed by atoms with Gasteiger partial charge in [0.15, 0.2) is 18.1 Å². The molecule has 6 nitrogen and oxygen atoms in total. The Morgan fingerprint density at radius 1 is 1.18 bits per heavy atom. The Bertz CT molecular complexity index is 885. The van der Waals surface area contributed by atoms with Gasteiger partial charge >= 0.3 is 5.97 Å². The van der Waals surface area contributed by atoms with E-state index in [2.05, 4.69) is 5.32 Å². The maximum atomic E-state index is 13.6. The highest BCUT2D eigenvalue weighted by molar-refractivity contribution is 6.30. The number of carbonyl (C=O) groups is 2. The van der Waals surface area contributed by atoms with Crippen LogP contribution < -0.4 is 14.8 Å². The summed E-state index contributed by atoms with van der Waals surface area (Å²) in [6, 6.07) is 8.90. The molecule has 0 bridgehead atoms. The van der Waals surface area contributed by atoms with Crippen molar-refractivity contribution in [3.63, 3.8) is 0 Å². The van der Waals surface area contributed by atoms with Crippen LogP contribution in [0, 0.1) is 5.82 Å². The van der Waals surface area contributed by atoms with Crippen molar-refractivity contribution in [3.8, 4) is 11.5 Å². The highest BCUT2D eigenvalue weighted by Crippen LogP contribution is 2.28. The molecule has 0 aromatic heterocycles. The van der Waals surface area contributed by atoms with E-state index in [0.29, 0.717) is 23.7 Å². The van der Waals surface area contributed by atoms with Crippen molar-refractivity contribution in [2.24, 2.45) is 0 Å². The van der Waals surface area contributed by atoms with Gasteiger partial charge in [0, 0.05) is 11.1 Å². The molecule has 0 fully saturated rings. The molecule has 1 N–H and O–H groups in total. The van der Waals surface area contributed by atoms with E-state index in [1.165, 1.54) is 31.4 Å². The standard InChI is InChI=1S/C20H19ClFNO5/c1-3-27-17-8-4-13(10-18(17)26-2)5-9-20(25)28-12-19(24)23-16-11-14(21)6-7-15(16)22/h4-11H,3,12H2,1-2H3,(H,23,24)/b9-5+. The van der Waals surface area contributed by atoms with Gasteiger partial charge in [-0.05, 0) is 48.9 Å². The number of rotatable bonds is 8. The number of amides is 1. The van der Waals surface area contributed by atoms with Crippen LogP contribution in [0.5, 0.6) is 11.5 Å². The Morgan fingerprint density at radius 2 is 1.96 bits per heavy atom. The van der Waals surface area contributed by atoms with Gasteiger partial charge < -0.3 is 19.5 Å². The van der Waals surface area contributed by atoms with Crippen LogP contribution in [-0.4, -0.2) is 32.2 Å². The van der Waals surface area contributed by atoms with Gasteiger partial charge in [0.05, 0.1) is 19.4 Å². The average Bonchev–Trinajstić information content (AvgIpc) is 2.68. The van der Waals surface area contributed by atoms with Crippen molar-refractivity contribution in [2.45, 2.75) is 6.92 Å². The van der Waals surface area contributed by atoms with Gasteiger partial charge in [-0.2, -0.15) is 0 Å². The second-order valence-electron chi connectivity index (χ2n) is 5.46. The van der Waals surface area contributed by atoms with Gasteiger partial charge in [0.2, 0.25) is 0 Å². The topological polar surface area (TPSA) is 73.9 Å². The van der Waals surface area contributed by atoms with E-state index in [9.17, 15) is 14.0 Å². The smallest absolute Gasteiger partial charge is 0.331 e. The molecule has 2 rings (SSSR count). The van der Waals surface area contributed by atoms with Gasteiger partial charge in [-0.25, -0.2) is 9.18 Å². The van der Waals surface area contributed by atoms with E-state index in [1.54, 1.807) is 18.2 Å². The van der Waals surface area contributed by atoms with E-state index in [1.807, 2.05) is 6.92 Å². The minimum absolute atomic E-state index is 0.0921. The second-order valence-corrected chi connectivity index (χ2v) is 5.89. The molecule has 0 spiro atoms. The third-order valence-corrected chi connectivity index (χ3v) is 3.68. The summed E-state index contributed by atoms with van der Waals surface area (Å²) in [5, 5.41) is 2.55. The number of anilines is 1. The number of methoxy groups -OCH3 is 1. The Balaban J connectivity index is 1.89. The van der Waals surface area contributed by atoms with Crippen LogP contribution in [-0.2, 0) is 14.3 Å². The molecule has 0 saturated carbocycles. The lowest BCUT2D eigenvalue weighted by molar-refractivity contribution is -0.142. The molecule has 0 heterocycles. The first-order valence-corrected chi connectivity index (χ1v) is 8.71.